The van der Waals surface area contributed by atoms with Gasteiger partial charge in [-0.05, 0) is 23.8 Å². The lowest BCUT2D eigenvalue weighted by Crippen LogP contribution is -2.30. The molecular formula is C15H14ClNO3. The SMILES string of the molecule is O=C(NC(CO)c1ccccc1)c1cc(Cl)ccc1O. The number of benzene rings is 2. The van der Waals surface area contributed by atoms with Crippen molar-refractivity contribution in [2.24, 2.45) is 0 Å². The van der Waals surface area contributed by atoms with Crippen LogP contribution in [-0.2, 0) is 0 Å². The molecule has 0 fully saturated rings. The van der Waals surface area contributed by atoms with Gasteiger partial charge in [0.05, 0.1) is 18.2 Å². The van der Waals surface area contributed by atoms with Gasteiger partial charge in [0.1, 0.15) is 5.75 Å². The molecular weight excluding hydrogens is 278 g/mol. The van der Waals surface area contributed by atoms with Crippen LogP contribution in [0.5, 0.6) is 5.75 Å². The molecule has 0 aliphatic heterocycles. The monoisotopic (exact) mass is 291 g/mol. The molecule has 3 N–H and O–H groups in total. The Morgan fingerprint density at radius 3 is 2.55 bits per heavy atom. The Labute approximate surface area is 121 Å². The predicted molar refractivity (Wildman–Crippen MR) is 76.9 cm³/mol. The van der Waals surface area contributed by atoms with E-state index < -0.39 is 11.9 Å². The summed E-state index contributed by atoms with van der Waals surface area (Å²) in [7, 11) is 0. The number of amides is 1. The van der Waals surface area contributed by atoms with Crippen molar-refractivity contribution in [2.75, 3.05) is 6.61 Å². The summed E-state index contributed by atoms with van der Waals surface area (Å²) in [4.78, 5) is 12.1. The number of nitrogens with one attached hydrogen (secondary N) is 1. The number of carbonyl (C=O) groups is 1. The second-order valence-electron chi connectivity index (χ2n) is 4.28. The molecule has 1 unspecified atom stereocenters. The molecule has 2 aromatic rings. The van der Waals surface area contributed by atoms with Gasteiger partial charge in [0.25, 0.3) is 5.91 Å². The van der Waals surface area contributed by atoms with E-state index in [-0.39, 0.29) is 17.9 Å². The van der Waals surface area contributed by atoms with Crippen LogP contribution in [0.2, 0.25) is 5.02 Å². The largest absolute Gasteiger partial charge is 0.507 e. The van der Waals surface area contributed by atoms with Gasteiger partial charge in [-0.15, -0.1) is 0 Å². The van der Waals surface area contributed by atoms with Crippen molar-refractivity contribution in [1.29, 1.82) is 0 Å². The molecule has 0 heterocycles. The zero-order chi connectivity index (χ0) is 14.5. The smallest absolute Gasteiger partial charge is 0.255 e. The van der Waals surface area contributed by atoms with Crippen molar-refractivity contribution < 1.29 is 15.0 Å². The Hall–Kier alpha value is -2.04. The Kier molecular flexibility index (Phi) is 4.61. The number of aliphatic hydroxyl groups excluding tert-OH is 1. The number of phenols is 1. The average Bonchev–Trinajstić information content (AvgIpc) is 2.48. The highest BCUT2D eigenvalue weighted by atomic mass is 35.5. The minimum absolute atomic E-state index is 0.0758. The van der Waals surface area contributed by atoms with Gasteiger partial charge in [-0.1, -0.05) is 41.9 Å². The molecule has 20 heavy (non-hydrogen) atoms. The van der Waals surface area contributed by atoms with Crippen molar-refractivity contribution >= 4 is 17.5 Å². The average molecular weight is 292 g/mol. The minimum atomic E-state index is -0.540. The maximum absolute atomic E-state index is 12.1. The lowest BCUT2D eigenvalue weighted by atomic mass is 10.1. The molecule has 0 bridgehead atoms. The van der Waals surface area contributed by atoms with Crippen molar-refractivity contribution in [3.8, 4) is 5.75 Å². The van der Waals surface area contributed by atoms with Crippen molar-refractivity contribution in [2.45, 2.75) is 6.04 Å². The van der Waals surface area contributed by atoms with Gasteiger partial charge < -0.3 is 15.5 Å². The maximum Gasteiger partial charge on any atom is 0.255 e. The van der Waals surface area contributed by atoms with Crippen LogP contribution in [0.1, 0.15) is 22.0 Å². The third-order valence-electron chi connectivity index (χ3n) is 2.89. The summed E-state index contributed by atoms with van der Waals surface area (Å²) in [5.41, 5.74) is 0.858. The van der Waals surface area contributed by atoms with Crippen molar-refractivity contribution in [3.63, 3.8) is 0 Å². The van der Waals surface area contributed by atoms with Crippen LogP contribution in [0, 0.1) is 0 Å². The van der Waals surface area contributed by atoms with Gasteiger partial charge in [0.2, 0.25) is 0 Å². The summed E-state index contributed by atoms with van der Waals surface area (Å²) < 4.78 is 0. The number of hydrogen-bond acceptors (Lipinski definition) is 3. The van der Waals surface area contributed by atoms with Crippen molar-refractivity contribution in [1.82, 2.24) is 5.32 Å². The first-order valence-corrected chi connectivity index (χ1v) is 6.45. The number of aromatic hydroxyl groups is 1. The number of aliphatic hydroxyl groups is 1. The lowest BCUT2D eigenvalue weighted by molar-refractivity contribution is 0.0913. The van der Waals surface area contributed by atoms with E-state index in [9.17, 15) is 15.0 Å². The van der Waals surface area contributed by atoms with E-state index in [1.54, 1.807) is 12.1 Å². The van der Waals surface area contributed by atoms with Crippen LogP contribution in [0.25, 0.3) is 0 Å². The summed E-state index contributed by atoms with van der Waals surface area (Å²) >= 11 is 5.81. The molecule has 0 spiro atoms. The minimum Gasteiger partial charge on any atom is -0.507 e. The molecule has 0 aliphatic carbocycles. The second kappa shape index (κ2) is 6.41. The van der Waals surface area contributed by atoms with E-state index in [4.69, 9.17) is 11.6 Å². The first-order chi connectivity index (χ1) is 9.61. The molecule has 5 heteroatoms. The topological polar surface area (TPSA) is 69.6 Å². The first-order valence-electron chi connectivity index (χ1n) is 6.07. The first kappa shape index (κ1) is 14.4. The summed E-state index contributed by atoms with van der Waals surface area (Å²) in [6.45, 7) is -0.239. The summed E-state index contributed by atoms with van der Waals surface area (Å²) in [6.07, 6.45) is 0. The third-order valence-corrected chi connectivity index (χ3v) is 3.13. The van der Waals surface area contributed by atoms with Gasteiger partial charge >= 0.3 is 0 Å². The number of hydrogen-bond donors (Lipinski definition) is 3. The van der Waals surface area contributed by atoms with E-state index in [1.807, 2.05) is 18.2 Å². The molecule has 104 valence electrons. The van der Waals surface area contributed by atoms with E-state index in [2.05, 4.69) is 5.32 Å². The van der Waals surface area contributed by atoms with Crippen LogP contribution in [0.3, 0.4) is 0 Å². The van der Waals surface area contributed by atoms with Crippen LogP contribution >= 0.6 is 11.6 Å². The van der Waals surface area contributed by atoms with Gasteiger partial charge in [-0.3, -0.25) is 4.79 Å². The molecule has 4 nitrogen and oxygen atoms in total. The highest BCUT2D eigenvalue weighted by molar-refractivity contribution is 6.31. The Morgan fingerprint density at radius 1 is 1.20 bits per heavy atom. The zero-order valence-electron chi connectivity index (χ0n) is 10.6. The molecule has 1 amide bonds. The highest BCUT2D eigenvalue weighted by Crippen LogP contribution is 2.22. The fourth-order valence-electron chi connectivity index (χ4n) is 1.85. The van der Waals surface area contributed by atoms with Crippen molar-refractivity contribution in [3.05, 3.63) is 64.7 Å². The molecule has 0 aromatic heterocycles. The molecule has 0 saturated heterocycles. The Balaban J connectivity index is 2.20. The Bertz CT molecular complexity index is 601. The number of halogens is 1. The van der Waals surface area contributed by atoms with E-state index in [0.717, 1.165) is 5.56 Å². The second-order valence-corrected chi connectivity index (χ2v) is 4.72. The quantitative estimate of drug-likeness (QED) is 0.811. The zero-order valence-corrected chi connectivity index (χ0v) is 11.3. The number of phenolic OH excluding ortho intramolecular Hbond substituents is 1. The van der Waals surface area contributed by atoms with E-state index in [0.29, 0.717) is 5.02 Å². The molecule has 2 rings (SSSR count). The number of carbonyl (C=O) groups excluding carboxylic acids is 1. The van der Waals surface area contributed by atoms with Crippen LogP contribution in [-0.4, -0.2) is 22.7 Å². The van der Waals surface area contributed by atoms with Gasteiger partial charge in [-0.2, -0.15) is 0 Å². The van der Waals surface area contributed by atoms with Crippen LogP contribution in [0.15, 0.2) is 48.5 Å². The molecule has 1 atom stereocenters. The summed E-state index contributed by atoms with van der Waals surface area (Å²) in [5, 5.41) is 22.1. The summed E-state index contributed by atoms with van der Waals surface area (Å²) in [6, 6.07) is 12.8. The molecule has 2 aromatic carbocycles. The molecule has 0 saturated carbocycles. The standard InChI is InChI=1S/C15H14ClNO3/c16-11-6-7-14(19)12(8-11)15(20)17-13(9-18)10-4-2-1-3-5-10/h1-8,13,18-19H,9H2,(H,17,20). The fourth-order valence-corrected chi connectivity index (χ4v) is 2.02. The predicted octanol–water partition coefficient (Wildman–Crippen LogP) is 2.51. The highest BCUT2D eigenvalue weighted by Gasteiger charge is 2.17. The molecule has 0 aliphatic rings. The lowest BCUT2D eigenvalue weighted by Gasteiger charge is -2.17. The van der Waals surface area contributed by atoms with Crippen LogP contribution < -0.4 is 5.32 Å². The van der Waals surface area contributed by atoms with Gasteiger partial charge in [0, 0.05) is 5.02 Å². The van der Waals surface area contributed by atoms with E-state index >= 15 is 0 Å². The van der Waals surface area contributed by atoms with Gasteiger partial charge in [0.15, 0.2) is 0 Å². The maximum atomic E-state index is 12.1. The van der Waals surface area contributed by atoms with E-state index in [1.165, 1.54) is 18.2 Å². The Morgan fingerprint density at radius 2 is 1.90 bits per heavy atom. The normalized spacial score (nSPS) is 11.9. The fraction of sp³-hybridized carbons (Fsp3) is 0.133. The number of rotatable bonds is 4. The third kappa shape index (κ3) is 3.29. The van der Waals surface area contributed by atoms with Crippen LogP contribution in [0.4, 0.5) is 0 Å². The van der Waals surface area contributed by atoms with Gasteiger partial charge in [-0.25, -0.2) is 0 Å². The summed E-state index contributed by atoms with van der Waals surface area (Å²) in [5.74, 6) is -0.649. The molecule has 0 radical (unpaired) electrons.